The Bertz CT molecular complexity index is 1750. The van der Waals surface area contributed by atoms with Crippen LogP contribution in [0.4, 0.5) is 40.8 Å². The van der Waals surface area contributed by atoms with Gasteiger partial charge in [0.15, 0.2) is 5.69 Å². The average molecular weight is 763 g/mol. The molecule has 0 saturated carbocycles. The Kier molecular flexibility index (Phi) is 14.0. The molecule has 0 spiro atoms. The first-order valence-corrected chi connectivity index (χ1v) is 16.0. The van der Waals surface area contributed by atoms with Crippen LogP contribution < -0.4 is 4.74 Å². The molecule has 0 aliphatic rings. The zero-order valence-corrected chi connectivity index (χ0v) is 27.7. The van der Waals surface area contributed by atoms with E-state index in [1.54, 1.807) is 13.8 Å². The van der Waals surface area contributed by atoms with Gasteiger partial charge in [0.2, 0.25) is 10.2 Å². The van der Waals surface area contributed by atoms with E-state index in [0.717, 1.165) is 30.3 Å². The maximum atomic E-state index is 13.4. The van der Waals surface area contributed by atoms with Crippen LogP contribution in [0.1, 0.15) is 73.9 Å². The van der Waals surface area contributed by atoms with E-state index in [1.807, 2.05) is 0 Å². The van der Waals surface area contributed by atoms with Gasteiger partial charge in [-0.3, -0.25) is 19.7 Å². The number of alkyl halides is 8. The van der Waals surface area contributed by atoms with Crippen molar-refractivity contribution in [1.29, 1.82) is 0 Å². The Balaban J connectivity index is 0.000000340. The number of nitro benzene ring substituents is 1. The van der Waals surface area contributed by atoms with E-state index < -0.39 is 79.2 Å². The van der Waals surface area contributed by atoms with E-state index >= 15 is 0 Å². The van der Waals surface area contributed by atoms with E-state index in [4.69, 9.17) is 21.4 Å². The number of carboxylic acids is 1. The van der Waals surface area contributed by atoms with Crippen molar-refractivity contribution in [3.05, 3.63) is 90.7 Å². The van der Waals surface area contributed by atoms with Gasteiger partial charge in [-0.25, -0.2) is 18.6 Å². The monoisotopic (exact) mass is 762 g/mol. The molecule has 0 radical (unpaired) electrons. The molecule has 3 aromatic rings. The van der Waals surface area contributed by atoms with Crippen molar-refractivity contribution in [1.82, 2.24) is 4.98 Å². The van der Waals surface area contributed by atoms with E-state index in [-0.39, 0.29) is 34.4 Å². The minimum atomic E-state index is -5.10. The zero-order chi connectivity index (χ0) is 37.6. The number of carboxylic acid groups (broad SMARTS) is 1. The number of halogens is 9. The summed E-state index contributed by atoms with van der Waals surface area (Å²) in [6.45, 7) is 3.30. The summed E-state index contributed by atoms with van der Waals surface area (Å²) >= 11 is 6.81. The number of aromatic carboxylic acids is 1. The Labute approximate surface area is 285 Å². The number of rotatable bonds is 9. The molecule has 0 atom stereocenters. The van der Waals surface area contributed by atoms with Crippen molar-refractivity contribution >= 4 is 57.0 Å². The van der Waals surface area contributed by atoms with Gasteiger partial charge >= 0.3 is 18.3 Å². The van der Waals surface area contributed by atoms with Crippen LogP contribution in [-0.2, 0) is 18.8 Å². The van der Waals surface area contributed by atoms with Crippen LogP contribution in [-0.4, -0.2) is 43.7 Å². The van der Waals surface area contributed by atoms with Crippen molar-refractivity contribution in [2.75, 3.05) is 12.5 Å². The van der Waals surface area contributed by atoms with Crippen molar-refractivity contribution in [3.63, 3.8) is 0 Å². The lowest BCUT2D eigenvalue weighted by atomic mass is 9.92. The van der Waals surface area contributed by atoms with E-state index in [9.17, 15) is 59.6 Å². The second-order valence-corrected chi connectivity index (χ2v) is 11.9. The van der Waals surface area contributed by atoms with Crippen LogP contribution in [0.2, 0.25) is 5.02 Å². The molecule has 9 nitrogen and oxygen atoms in total. The topological polar surface area (TPSA) is 137 Å². The van der Waals surface area contributed by atoms with Crippen LogP contribution in [0, 0.1) is 16.0 Å². The van der Waals surface area contributed by atoms with Gasteiger partial charge in [0, 0.05) is 12.1 Å². The third-order valence-electron chi connectivity index (χ3n) is 6.08. The number of nitro groups is 1. The van der Waals surface area contributed by atoms with Crippen molar-refractivity contribution in [2.24, 2.45) is 5.92 Å². The lowest BCUT2D eigenvalue weighted by Gasteiger charge is -2.21. The number of nitrogens with zero attached hydrogens (tertiary/aromatic N) is 2. The molecule has 1 heterocycles. The molecule has 3 rings (SSSR count). The summed E-state index contributed by atoms with van der Waals surface area (Å²) < 4.78 is 110. The van der Waals surface area contributed by atoms with Gasteiger partial charge in [0.1, 0.15) is 22.8 Å². The highest BCUT2D eigenvalue weighted by atomic mass is 35.5. The number of hydrogen-bond acceptors (Lipinski definition) is 9. The minimum absolute atomic E-state index is 0.125. The molecule has 0 bridgehead atoms. The number of carbonyl (C=O) groups excluding carboxylic acids is 2. The third kappa shape index (κ3) is 10.5. The van der Waals surface area contributed by atoms with E-state index in [1.165, 1.54) is 12.5 Å². The fraction of sp³-hybridized carbons (Fsp3) is 0.310. The van der Waals surface area contributed by atoms with Crippen molar-refractivity contribution in [2.45, 2.75) is 39.0 Å². The second kappa shape index (κ2) is 16.6. The van der Waals surface area contributed by atoms with Gasteiger partial charge in [-0.1, -0.05) is 49.0 Å². The fourth-order valence-corrected chi connectivity index (χ4v) is 5.15. The lowest BCUT2D eigenvalue weighted by Crippen LogP contribution is -2.23. The second-order valence-electron chi connectivity index (χ2n) is 9.94. The molecule has 0 saturated heterocycles. The van der Waals surface area contributed by atoms with Crippen LogP contribution in [0.25, 0.3) is 0 Å². The number of thioether (sulfide) groups is 2. The maximum absolute atomic E-state index is 13.4. The molecule has 0 fully saturated rings. The zero-order valence-electron chi connectivity index (χ0n) is 25.3. The summed E-state index contributed by atoms with van der Waals surface area (Å²) in [6, 6.07) is 5.27. The van der Waals surface area contributed by atoms with Crippen LogP contribution >= 0.6 is 35.1 Å². The van der Waals surface area contributed by atoms with Gasteiger partial charge in [-0.05, 0) is 54.7 Å². The number of pyridine rings is 1. The third-order valence-corrected chi connectivity index (χ3v) is 7.52. The largest absolute Gasteiger partial charge is 0.477 e. The van der Waals surface area contributed by atoms with Crippen LogP contribution in [0.15, 0.2) is 36.4 Å². The summed E-state index contributed by atoms with van der Waals surface area (Å²) in [5.41, 5.74) is -6.87. The number of aromatic nitrogens is 1. The highest BCUT2D eigenvalue weighted by Crippen LogP contribution is 2.40. The molecule has 1 N–H and O–H groups in total. The van der Waals surface area contributed by atoms with Gasteiger partial charge in [0.25, 0.3) is 12.1 Å². The smallest absolute Gasteiger partial charge is 0.434 e. The van der Waals surface area contributed by atoms with Gasteiger partial charge < -0.3 is 9.84 Å². The highest BCUT2D eigenvalue weighted by molar-refractivity contribution is 8.13. The maximum Gasteiger partial charge on any atom is 0.434 e. The SMILES string of the molecule is CSC(=O)c1c(C(F)F)nc(C(F)(F)F)c(C(=O)SC)c1CC(C)C.O=C(O)c1cc(Oc2ccc(C(F)(F)F)cc2Cl)ccc1[N+](=O)[O-]. The molecule has 1 aromatic heterocycles. The summed E-state index contributed by atoms with van der Waals surface area (Å²) in [5.74, 6) is -2.10. The summed E-state index contributed by atoms with van der Waals surface area (Å²) in [4.78, 5) is 48.2. The Morgan fingerprint density at radius 3 is 1.96 bits per heavy atom. The molecule has 20 heteroatoms. The first-order chi connectivity index (χ1) is 22.5. The quantitative estimate of drug-likeness (QED) is 0.127. The van der Waals surface area contributed by atoms with Gasteiger partial charge in [0.05, 0.1) is 26.6 Å². The molecule has 0 aliphatic heterocycles. The molecule has 49 heavy (non-hydrogen) atoms. The standard InChI is InChI=1S/C15H16F5NO2S2.C14H7ClF3NO5/c1-6(2)5-7-8(13(22)24-3)10(12(16)17)21-11(15(18,19)20)9(7)14(23)25-4;15-10-5-7(14(16,17)18)1-4-12(10)24-8-2-3-11(19(22)23)9(6-8)13(20)21/h6,12H,5H2,1-4H3;1-6H,(H,20,21). The van der Waals surface area contributed by atoms with Crippen LogP contribution in [0.5, 0.6) is 11.5 Å². The lowest BCUT2D eigenvalue weighted by molar-refractivity contribution is -0.385. The van der Waals surface area contributed by atoms with E-state index in [0.29, 0.717) is 29.6 Å². The first-order valence-electron chi connectivity index (χ1n) is 13.2. The molecule has 0 aliphatic carbocycles. The first kappa shape index (κ1) is 41.2. The number of carbonyl (C=O) groups is 3. The summed E-state index contributed by atoms with van der Waals surface area (Å²) in [5, 5.41) is 17.6. The minimum Gasteiger partial charge on any atom is -0.477 e. The Hall–Kier alpha value is -3.97. The van der Waals surface area contributed by atoms with Gasteiger partial charge in [-0.2, -0.15) is 26.3 Å². The van der Waals surface area contributed by atoms with E-state index in [2.05, 4.69) is 4.98 Å². The number of hydrogen-bond donors (Lipinski definition) is 1. The van der Waals surface area contributed by atoms with Crippen molar-refractivity contribution < 1.29 is 64.3 Å². The number of benzene rings is 2. The molecule has 266 valence electrons. The highest BCUT2D eigenvalue weighted by Gasteiger charge is 2.42. The molecular formula is C29H23ClF8N2O7S2. The Morgan fingerprint density at radius 2 is 1.53 bits per heavy atom. The fourth-order valence-electron chi connectivity index (χ4n) is 4.08. The van der Waals surface area contributed by atoms with Gasteiger partial charge in [-0.15, -0.1) is 0 Å². The summed E-state index contributed by atoms with van der Waals surface area (Å²) in [6.07, 6.45) is -10.6. The van der Waals surface area contributed by atoms with Crippen LogP contribution in [0.3, 0.4) is 0 Å². The molecule has 0 unspecified atom stereocenters. The molecule has 0 amide bonds. The summed E-state index contributed by atoms with van der Waals surface area (Å²) in [7, 11) is 0. The predicted octanol–water partition coefficient (Wildman–Crippen LogP) is 10.0. The number of ether oxygens (including phenoxy) is 1. The average Bonchev–Trinajstić information content (AvgIpc) is 2.99. The molecule has 2 aromatic carbocycles. The predicted molar refractivity (Wildman–Crippen MR) is 165 cm³/mol. The molecular weight excluding hydrogens is 740 g/mol. The van der Waals surface area contributed by atoms with Crippen molar-refractivity contribution in [3.8, 4) is 11.5 Å². The normalized spacial score (nSPS) is 11.7. The Morgan fingerprint density at radius 1 is 0.959 bits per heavy atom.